The van der Waals surface area contributed by atoms with Crippen LogP contribution in [0.3, 0.4) is 0 Å². The monoisotopic (exact) mass is 389 g/mol. The Kier molecular flexibility index (Phi) is 5.16. The van der Waals surface area contributed by atoms with E-state index in [1.165, 1.54) is 0 Å². The van der Waals surface area contributed by atoms with Crippen LogP contribution in [0, 0.1) is 6.92 Å². The number of aryl methyl sites for hydroxylation is 1. The Labute approximate surface area is 169 Å². The average Bonchev–Trinajstić information content (AvgIpc) is 3.38. The molecule has 1 aromatic heterocycles. The molecule has 1 N–H and O–H groups in total. The van der Waals surface area contributed by atoms with Gasteiger partial charge < -0.3 is 14.8 Å². The molecule has 1 aliphatic rings. The van der Waals surface area contributed by atoms with E-state index in [9.17, 15) is 14.4 Å². The van der Waals surface area contributed by atoms with Crippen LogP contribution in [-0.4, -0.2) is 40.2 Å². The number of nitrogens with one attached hydrogen (secondary N) is 1. The molecule has 0 saturated carbocycles. The molecule has 0 atom stereocenters. The lowest BCUT2D eigenvalue weighted by atomic mass is 10.1. The summed E-state index contributed by atoms with van der Waals surface area (Å²) in [6.07, 6.45) is 3.68. The number of para-hydroxylation sites is 1. The molecule has 0 spiro atoms. The number of ketones is 1. The van der Waals surface area contributed by atoms with Crippen molar-refractivity contribution in [2.45, 2.75) is 26.3 Å². The number of aromatic nitrogens is 1. The third kappa shape index (κ3) is 3.92. The summed E-state index contributed by atoms with van der Waals surface area (Å²) in [5, 5.41) is 3.33. The number of anilines is 1. The highest BCUT2D eigenvalue weighted by atomic mass is 16.2. The van der Waals surface area contributed by atoms with Crippen LogP contribution in [0.2, 0.25) is 0 Å². The molecule has 1 aliphatic heterocycles. The molecule has 148 valence electrons. The second-order valence-electron chi connectivity index (χ2n) is 7.42. The third-order valence-corrected chi connectivity index (χ3v) is 5.31. The number of carbonyl (C=O) groups is 3. The van der Waals surface area contributed by atoms with E-state index in [1.807, 2.05) is 42.2 Å². The Morgan fingerprint density at radius 3 is 2.38 bits per heavy atom. The van der Waals surface area contributed by atoms with Crippen LogP contribution in [0.4, 0.5) is 5.69 Å². The van der Waals surface area contributed by atoms with Gasteiger partial charge in [-0.15, -0.1) is 0 Å². The summed E-state index contributed by atoms with van der Waals surface area (Å²) in [7, 11) is 0. The van der Waals surface area contributed by atoms with E-state index in [0.29, 0.717) is 16.6 Å². The highest BCUT2D eigenvalue weighted by Crippen LogP contribution is 2.23. The Bertz CT molecular complexity index is 1080. The molecule has 2 heterocycles. The maximum atomic E-state index is 12.9. The standard InChI is InChI=1S/C23H23N3O3/c1-16-8-10-17(11-9-16)24-23(29)22(28)19-14-26(20-7-3-2-6-18(19)20)15-21(27)25-12-4-5-13-25/h2-3,6-11,14H,4-5,12-13,15H2,1H3,(H,24,29). The van der Waals surface area contributed by atoms with Gasteiger partial charge in [0.05, 0.1) is 5.56 Å². The van der Waals surface area contributed by atoms with Gasteiger partial charge >= 0.3 is 0 Å². The molecule has 6 nitrogen and oxygen atoms in total. The molecule has 2 amide bonds. The van der Waals surface area contributed by atoms with Gasteiger partial charge in [0.15, 0.2) is 0 Å². The summed E-state index contributed by atoms with van der Waals surface area (Å²) >= 11 is 0. The number of fused-ring (bicyclic) bond motifs is 1. The van der Waals surface area contributed by atoms with Crippen molar-refractivity contribution < 1.29 is 14.4 Å². The number of carbonyl (C=O) groups excluding carboxylic acids is 3. The summed E-state index contributed by atoms with van der Waals surface area (Å²) in [6.45, 7) is 3.67. The number of benzene rings is 2. The molecule has 1 saturated heterocycles. The SMILES string of the molecule is Cc1ccc(NC(=O)C(=O)c2cn(CC(=O)N3CCCC3)c3ccccc23)cc1. The zero-order valence-electron chi connectivity index (χ0n) is 16.4. The molecule has 0 bridgehead atoms. The van der Waals surface area contributed by atoms with Crippen molar-refractivity contribution in [2.75, 3.05) is 18.4 Å². The lowest BCUT2D eigenvalue weighted by Crippen LogP contribution is -2.30. The van der Waals surface area contributed by atoms with Crippen LogP contribution in [0.15, 0.2) is 54.7 Å². The van der Waals surface area contributed by atoms with Crippen molar-refractivity contribution in [2.24, 2.45) is 0 Å². The first-order valence-corrected chi connectivity index (χ1v) is 9.81. The number of nitrogens with zero attached hydrogens (tertiary/aromatic N) is 2. The Morgan fingerprint density at radius 1 is 0.966 bits per heavy atom. The van der Waals surface area contributed by atoms with E-state index >= 15 is 0 Å². The maximum Gasteiger partial charge on any atom is 0.296 e. The number of hydrogen-bond donors (Lipinski definition) is 1. The Hall–Kier alpha value is -3.41. The molecule has 29 heavy (non-hydrogen) atoms. The molecule has 4 rings (SSSR count). The van der Waals surface area contributed by atoms with Crippen molar-refractivity contribution >= 4 is 34.2 Å². The fourth-order valence-electron chi connectivity index (χ4n) is 3.72. The molecule has 1 fully saturated rings. The summed E-state index contributed by atoms with van der Waals surface area (Å²) in [5.74, 6) is -1.27. The van der Waals surface area contributed by atoms with Crippen LogP contribution in [-0.2, 0) is 16.1 Å². The van der Waals surface area contributed by atoms with Crippen molar-refractivity contribution in [3.05, 3.63) is 65.9 Å². The van der Waals surface area contributed by atoms with E-state index in [0.717, 1.165) is 37.0 Å². The lowest BCUT2D eigenvalue weighted by molar-refractivity contribution is -0.130. The Balaban J connectivity index is 1.59. The fourth-order valence-corrected chi connectivity index (χ4v) is 3.72. The van der Waals surface area contributed by atoms with Gasteiger partial charge in [-0.05, 0) is 38.0 Å². The second-order valence-corrected chi connectivity index (χ2v) is 7.42. The molecular weight excluding hydrogens is 366 g/mol. The van der Waals surface area contributed by atoms with E-state index in [2.05, 4.69) is 5.32 Å². The van der Waals surface area contributed by atoms with E-state index < -0.39 is 11.7 Å². The van der Waals surface area contributed by atoms with Gasteiger partial charge in [0.25, 0.3) is 11.7 Å². The molecular formula is C23H23N3O3. The van der Waals surface area contributed by atoms with Crippen LogP contribution in [0.25, 0.3) is 10.9 Å². The fraction of sp³-hybridized carbons (Fsp3) is 0.261. The van der Waals surface area contributed by atoms with Gasteiger partial charge in [-0.2, -0.15) is 0 Å². The van der Waals surface area contributed by atoms with Crippen molar-refractivity contribution in [3.63, 3.8) is 0 Å². The Morgan fingerprint density at radius 2 is 1.66 bits per heavy atom. The first kappa shape index (κ1) is 18.9. The summed E-state index contributed by atoms with van der Waals surface area (Å²) in [6, 6.07) is 14.6. The number of rotatable bonds is 5. The average molecular weight is 389 g/mol. The van der Waals surface area contributed by atoms with Gasteiger partial charge in [0, 0.05) is 35.9 Å². The van der Waals surface area contributed by atoms with Crippen molar-refractivity contribution in [3.8, 4) is 0 Å². The summed E-state index contributed by atoms with van der Waals surface area (Å²) in [4.78, 5) is 39.8. The minimum absolute atomic E-state index is 0.0337. The van der Waals surface area contributed by atoms with Gasteiger partial charge in [-0.25, -0.2) is 0 Å². The summed E-state index contributed by atoms with van der Waals surface area (Å²) in [5.41, 5.74) is 2.72. The quantitative estimate of drug-likeness (QED) is 0.537. The first-order chi connectivity index (χ1) is 14.0. The van der Waals surface area contributed by atoms with Crippen LogP contribution < -0.4 is 5.32 Å². The van der Waals surface area contributed by atoms with Gasteiger partial charge in [0.1, 0.15) is 6.54 Å². The van der Waals surface area contributed by atoms with E-state index in [1.54, 1.807) is 29.0 Å². The number of likely N-dealkylation sites (tertiary alicyclic amines) is 1. The third-order valence-electron chi connectivity index (χ3n) is 5.31. The van der Waals surface area contributed by atoms with E-state index in [-0.39, 0.29) is 12.5 Å². The number of amides is 2. The highest BCUT2D eigenvalue weighted by molar-refractivity contribution is 6.48. The molecule has 0 aliphatic carbocycles. The maximum absolute atomic E-state index is 12.9. The van der Waals surface area contributed by atoms with Crippen LogP contribution in [0.1, 0.15) is 28.8 Å². The van der Waals surface area contributed by atoms with Gasteiger partial charge in [-0.1, -0.05) is 35.9 Å². The normalized spacial score (nSPS) is 13.6. The van der Waals surface area contributed by atoms with Gasteiger partial charge in [-0.3, -0.25) is 14.4 Å². The summed E-state index contributed by atoms with van der Waals surface area (Å²) < 4.78 is 1.77. The highest BCUT2D eigenvalue weighted by Gasteiger charge is 2.24. The number of hydrogen-bond acceptors (Lipinski definition) is 3. The molecule has 6 heteroatoms. The zero-order chi connectivity index (χ0) is 20.4. The minimum atomic E-state index is -0.692. The smallest absolute Gasteiger partial charge is 0.296 e. The number of Topliss-reactive ketones (excluding diaryl/α,β-unsaturated/α-hetero) is 1. The topological polar surface area (TPSA) is 71.4 Å². The largest absolute Gasteiger partial charge is 0.341 e. The van der Waals surface area contributed by atoms with Crippen molar-refractivity contribution in [1.29, 1.82) is 0 Å². The van der Waals surface area contributed by atoms with Crippen molar-refractivity contribution in [1.82, 2.24) is 9.47 Å². The van der Waals surface area contributed by atoms with E-state index in [4.69, 9.17) is 0 Å². The minimum Gasteiger partial charge on any atom is -0.341 e. The van der Waals surface area contributed by atoms with Gasteiger partial charge in [0.2, 0.25) is 5.91 Å². The van der Waals surface area contributed by atoms with Crippen LogP contribution >= 0.6 is 0 Å². The molecule has 0 unspecified atom stereocenters. The predicted molar refractivity (Wildman–Crippen MR) is 112 cm³/mol. The van der Waals surface area contributed by atoms with Crippen LogP contribution in [0.5, 0.6) is 0 Å². The zero-order valence-corrected chi connectivity index (χ0v) is 16.4. The predicted octanol–water partition coefficient (Wildman–Crippen LogP) is 3.39. The lowest BCUT2D eigenvalue weighted by Gasteiger charge is -2.15. The molecule has 2 aromatic carbocycles. The second kappa shape index (κ2) is 7.91. The molecule has 3 aromatic rings. The first-order valence-electron chi connectivity index (χ1n) is 9.81. The molecule has 0 radical (unpaired) electrons.